The van der Waals surface area contributed by atoms with Gasteiger partial charge in [-0.1, -0.05) is 32.3 Å². The lowest BCUT2D eigenvalue weighted by Gasteiger charge is -2.40. The molecule has 0 aromatic carbocycles. The Kier molecular flexibility index (Phi) is 4.63. The van der Waals surface area contributed by atoms with E-state index in [0.29, 0.717) is 5.41 Å². The minimum absolute atomic E-state index is 0.447. The van der Waals surface area contributed by atoms with Gasteiger partial charge in [-0.25, -0.2) is 0 Å². The maximum absolute atomic E-state index is 6.10. The molecule has 0 aliphatic heterocycles. The van der Waals surface area contributed by atoms with Crippen LogP contribution in [0.15, 0.2) is 17.5 Å². The smallest absolute Gasteiger partial charge is 0.00454 e. The summed E-state index contributed by atoms with van der Waals surface area (Å²) < 4.78 is 0. The van der Waals surface area contributed by atoms with Gasteiger partial charge in [0.1, 0.15) is 0 Å². The molecule has 1 aromatic heterocycles. The Morgan fingerprint density at radius 3 is 3.06 bits per heavy atom. The number of rotatable bonds is 5. The summed E-state index contributed by atoms with van der Waals surface area (Å²) >= 11 is 1.89. The SMILES string of the molecule is CCC1CCCC(CN)(CCc2cccs2)C1. The van der Waals surface area contributed by atoms with Crippen molar-refractivity contribution >= 4 is 11.3 Å². The molecular formula is C15H25NS. The topological polar surface area (TPSA) is 26.0 Å². The number of aryl methyl sites for hydroxylation is 1. The van der Waals surface area contributed by atoms with E-state index in [1.54, 1.807) is 0 Å². The summed E-state index contributed by atoms with van der Waals surface area (Å²) in [5.41, 5.74) is 6.55. The Labute approximate surface area is 109 Å². The van der Waals surface area contributed by atoms with Gasteiger partial charge in [0.05, 0.1) is 0 Å². The zero-order valence-corrected chi connectivity index (χ0v) is 11.8. The van der Waals surface area contributed by atoms with E-state index < -0.39 is 0 Å². The van der Waals surface area contributed by atoms with Gasteiger partial charge in [0, 0.05) is 4.88 Å². The number of hydrogen-bond donors (Lipinski definition) is 1. The summed E-state index contributed by atoms with van der Waals surface area (Å²) in [5.74, 6) is 0.927. The molecule has 2 unspecified atom stereocenters. The lowest BCUT2D eigenvalue weighted by molar-refractivity contribution is 0.132. The van der Waals surface area contributed by atoms with Gasteiger partial charge in [0.2, 0.25) is 0 Å². The molecule has 2 rings (SSSR count). The van der Waals surface area contributed by atoms with Crippen LogP contribution in [-0.2, 0) is 6.42 Å². The van der Waals surface area contributed by atoms with Crippen molar-refractivity contribution in [3.05, 3.63) is 22.4 Å². The van der Waals surface area contributed by atoms with Crippen LogP contribution in [-0.4, -0.2) is 6.54 Å². The van der Waals surface area contributed by atoms with Gasteiger partial charge >= 0.3 is 0 Å². The first kappa shape index (κ1) is 13.1. The molecule has 0 saturated heterocycles. The van der Waals surface area contributed by atoms with E-state index in [4.69, 9.17) is 5.73 Å². The Bertz CT molecular complexity index is 320. The Morgan fingerprint density at radius 2 is 2.41 bits per heavy atom. The minimum Gasteiger partial charge on any atom is -0.330 e. The summed E-state index contributed by atoms with van der Waals surface area (Å²) in [5, 5.41) is 2.18. The van der Waals surface area contributed by atoms with Crippen LogP contribution < -0.4 is 5.73 Å². The van der Waals surface area contributed by atoms with Crippen LogP contribution in [0.3, 0.4) is 0 Å². The van der Waals surface area contributed by atoms with Crippen LogP contribution in [0.5, 0.6) is 0 Å². The molecule has 17 heavy (non-hydrogen) atoms. The molecule has 1 aliphatic carbocycles. The predicted octanol–water partition coefficient (Wildman–Crippen LogP) is 4.23. The van der Waals surface area contributed by atoms with Gasteiger partial charge in [0.25, 0.3) is 0 Å². The quantitative estimate of drug-likeness (QED) is 0.833. The summed E-state index contributed by atoms with van der Waals surface area (Å²) in [7, 11) is 0. The second kappa shape index (κ2) is 6.01. The van der Waals surface area contributed by atoms with Crippen molar-refractivity contribution in [1.82, 2.24) is 0 Å². The maximum Gasteiger partial charge on any atom is 0.00454 e. The highest BCUT2D eigenvalue weighted by atomic mass is 32.1. The predicted molar refractivity (Wildman–Crippen MR) is 76.4 cm³/mol. The van der Waals surface area contributed by atoms with Crippen LogP contribution in [0.4, 0.5) is 0 Å². The minimum atomic E-state index is 0.447. The monoisotopic (exact) mass is 251 g/mol. The Morgan fingerprint density at radius 1 is 1.53 bits per heavy atom. The van der Waals surface area contributed by atoms with Gasteiger partial charge in [-0.05, 0) is 55.0 Å². The lowest BCUT2D eigenvalue weighted by atomic mass is 9.66. The Balaban J connectivity index is 1.94. The molecular weight excluding hydrogens is 226 g/mol. The third kappa shape index (κ3) is 3.32. The molecule has 0 amide bonds. The average Bonchev–Trinajstić information content (AvgIpc) is 2.90. The molecule has 0 radical (unpaired) electrons. The van der Waals surface area contributed by atoms with Crippen molar-refractivity contribution in [2.24, 2.45) is 17.1 Å². The molecule has 1 fully saturated rings. The van der Waals surface area contributed by atoms with Gasteiger partial charge in [-0.3, -0.25) is 0 Å². The van der Waals surface area contributed by atoms with E-state index >= 15 is 0 Å². The summed E-state index contributed by atoms with van der Waals surface area (Å²) in [4.78, 5) is 1.52. The van der Waals surface area contributed by atoms with E-state index in [9.17, 15) is 0 Å². The first-order valence-corrected chi connectivity index (χ1v) is 7.88. The first-order chi connectivity index (χ1) is 8.28. The van der Waals surface area contributed by atoms with Crippen molar-refractivity contribution in [3.8, 4) is 0 Å². The fraction of sp³-hybridized carbons (Fsp3) is 0.733. The average molecular weight is 251 g/mol. The molecule has 0 spiro atoms. The standard InChI is InChI=1S/C15H25NS/c1-2-13-5-3-8-15(11-13,12-16)9-7-14-6-4-10-17-14/h4,6,10,13H,2-3,5,7-9,11-12,16H2,1H3. The second-order valence-corrected chi connectivity index (χ2v) is 6.69. The highest BCUT2D eigenvalue weighted by Gasteiger charge is 2.34. The summed E-state index contributed by atoms with van der Waals surface area (Å²) in [6.45, 7) is 3.21. The third-order valence-electron chi connectivity index (χ3n) is 4.53. The normalized spacial score (nSPS) is 29.4. The van der Waals surface area contributed by atoms with E-state index in [1.165, 1.54) is 49.8 Å². The first-order valence-electron chi connectivity index (χ1n) is 7.00. The molecule has 1 nitrogen and oxygen atoms in total. The fourth-order valence-electron chi connectivity index (χ4n) is 3.29. The van der Waals surface area contributed by atoms with Crippen molar-refractivity contribution < 1.29 is 0 Å². The number of thiophene rings is 1. The van der Waals surface area contributed by atoms with Gasteiger partial charge in [-0.2, -0.15) is 0 Å². The zero-order valence-electron chi connectivity index (χ0n) is 11.0. The van der Waals surface area contributed by atoms with Gasteiger partial charge < -0.3 is 5.73 Å². The molecule has 2 atom stereocenters. The molecule has 1 saturated carbocycles. The van der Waals surface area contributed by atoms with Crippen LogP contribution in [0.25, 0.3) is 0 Å². The van der Waals surface area contributed by atoms with Gasteiger partial charge in [0.15, 0.2) is 0 Å². The number of nitrogens with two attached hydrogens (primary N) is 1. The third-order valence-corrected chi connectivity index (χ3v) is 5.47. The van der Waals surface area contributed by atoms with Crippen LogP contribution >= 0.6 is 11.3 Å². The molecule has 1 heterocycles. The largest absolute Gasteiger partial charge is 0.330 e. The van der Waals surface area contributed by atoms with Crippen molar-refractivity contribution in [1.29, 1.82) is 0 Å². The lowest BCUT2D eigenvalue weighted by Crippen LogP contribution is -2.36. The van der Waals surface area contributed by atoms with E-state index in [2.05, 4.69) is 24.4 Å². The molecule has 1 aromatic rings. The van der Waals surface area contributed by atoms with Crippen molar-refractivity contribution in [2.45, 2.75) is 51.9 Å². The van der Waals surface area contributed by atoms with Crippen LogP contribution in [0.1, 0.15) is 50.3 Å². The highest BCUT2D eigenvalue weighted by molar-refractivity contribution is 7.09. The molecule has 1 aliphatic rings. The zero-order chi connectivity index (χ0) is 12.1. The molecule has 0 bridgehead atoms. The molecule has 96 valence electrons. The van der Waals surface area contributed by atoms with Crippen molar-refractivity contribution in [3.63, 3.8) is 0 Å². The molecule has 2 N–H and O–H groups in total. The highest BCUT2D eigenvalue weighted by Crippen LogP contribution is 2.43. The van der Waals surface area contributed by atoms with Crippen molar-refractivity contribution in [2.75, 3.05) is 6.54 Å². The fourth-order valence-corrected chi connectivity index (χ4v) is 4.00. The van der Waals surface area contributed by atoms with E-state index in [1.807, 2.05) is 11.3 Å². The summed E-state index contributed by atoms with van der Waals surface area (Å²) in [6.07, 6.45) is 9.39. The number of hydrogen-bond acceptors (Lipinski definition) is 2. The Hall–Kier alpha value is -0.340. The van der Waals surface area contributed by atoms with Crippen LogP contribution in [0, 0.1) is 11.3 Å². The van der Waals surface area contributed by atoms with E-state index in [0.717, 1.165) is 12.5 Å². The summed E-state index contributed by atoms with van der Waals surface area (Å²) in [6, 6.07) is 4.42. The van der Waals surface area contributed by atoms with E-state index in [-0.39, 0.29) is 0 Å². The molecule has 2 heteroatoms. The van der Waals surface area contributed by atoms with Gasteiger partial charge in [-0.15, -0.1) is 11.3 Å². The second-order valence-electron chi connectivity index (χ2n) is 5.65. The maximum atomic E-state index is 6.10. The van der Waals surface area contributed by atoms with Crippen LogP contribution in [0.2, 0.25) is 0 Å².